The molecule has 2 N–H and O–H groups in total. The fourth-order valence-corrected chi connectivity index (χ4v) is 2.57. The number of rotatable bonds is 3. The number of aromatic nitrogens is 1. The van der Waals surface area contributed by atoms with Gasteiger partial charge in [-0.2, -0.15) is 0 Å². The van der Waals surface area contributed by atoms with Crippen molar-refractivity contribution in [1.29, 1.82) is 0 Å². The predicted molar refractivity (Wildman–Crippen MR) is 64.5 cm³/mol. The first-order valence-electron chi connectivity index (χ1n) is 5.94. The van der Waals surface area contributed by atoms with Gasteiger partial charge in [-0.1, -0.05) is 12.5 Å². The summed E-state index contributed by atoms with van der Waals surface area (Å²) in [6.45, 7) is 0. The molecule has 0 radical (unpaired) electrons. The summed E-state index contributed by atoms with van der Waals surface area (Å²) in [5.41, 5.74) is 1.43. The molecule has 94 valence electrons. The highest BCUT2D eigenvalue weighted by molar-refractivity contribution is 5.77. The summed E-state index contributed by atoms with van der Waals surface area (Å²) >= 11 is 0. The minimum absolute atomic E-state index is 0.487. The zero-order valence-corrected chi connectivity index (χ0v) is 9.73. The minimum Gasteiger partial charge on any atom is -0.481 e. The highest BCUT2D eigenvalue weighted by atomic mass is 16.4. The molecule has 1 saturated carbocycles. The maximum Gasteiger partial charge on any atom is 0.417 e. The van der Waals surface area contributed by atoms with E-state index in [1.54, 1.807) is 12.1 Å². The Morgan fingerprint density at radius 2 is 2.22 bits per heavy atom. The normalized spacial score (nSPS) is 17.6. The summed E-state index contributed by atoms with van der Waals surface area (Å²) in [6, 6.07) is 5.32. The Labute approximate surface area is 102 Å². The van der Waals surface area contributed by atoms with E-state index < -0.39 is 17.1 Å². The molecule has 0 bridgehead atoms. The number of aromatic amines is 1. The van der Waals surface area contributed by atoms with Crippen LogP contribution in [0.1, 0.15) is 24.8 Å². The smallest absolute Gasteiger partial charge is 0.417 e. The van der Waals surface area contributed by atoms with Gasteiger partial charge >= 0.3 is 11.7 Å². The van der Waals surface area contributed by atoms with Crippen molar-refractivity contribution in [3.63, 3.8) is 0 Å². The van der Waals surface area contributed by atoms with Gasteiger partial charge in [0.05, 0.1) is 10.9 Å². The van der Waals surface area contributed by atoms with E-state index in [2.05, 4.69) is 4.98 Å². The Kier molecular flexibility index (Phi) is 2.29. The third-order valence-electron chi connectivity index (χ3n) is 3.79. The average Bonchev–Trinajstić information content (AvgIpc) is 2.62. The fourth-order valence-electron chi connectivity index (χ4n) is 2.57. The lowest BCUT2D eigenvalue weighted by atomic mass is 9.65. The van der Waals surface area contributed by atoms with E-state index in [1.165, 1.54) is 0 Å². The molecule has 2 aromatic rings. The molecule has 0 spiro atoms. The Morgan fingerprint density at radius 3 is 2.83 bits per heavy atom. The molecule has 1 fully saturated rings. The van der Waals surface area contributed by atoms with Crippen molar-refractivity contribution in [2.45, 2.75) is 25.7 Å². The zero-order chi connectivity index (χ0) is 12.8. The maximum absolute atomic E-state index is 11.3. The van der Waals surface area contributed by atoms with Crippen molar-refractivity contribution in [3.05, 3.63) is 34.3 Å². The number of hydrogen-bond donors (Lipinski definition) is 2. The minimum atomic E-state index is -0.727. The number of carboxylic acid groups (broad SMARTS) is 1. The van der Waals surface area contributed by atoms with Gasteiger partial charge in [-0.15, -0.1) is 0 Å². The van der Waals surface area contributed by atoms with E-state index in [-0.39, 0.29) is 0 Å². The number of H-pyrrole nitrogens is 1. The van der Waals surface area contributed by atoms with Gasteiger partial charge in [-0.05, 0) is 37.0 Å². The van der Waals surface area contributed by atoms with Crippen molar-refractivity contribution in [3.8, 4) is 0 Å². The molecule has 5 nitrogen and oxygen atoms in total. The molecular formula is C13H13NO4. The van der Waals surface area contributed by atoms with Crippen LogP contribution in [0.2, 0.25) is 0 Å². The molecule has 1 aliphatic rings. The molecular weight excluding hydrogens is 234 g/mol. The molecule has 0 amide bonds. The van der Waals surface area contributed by atoms with Crippen LogP contribution < -0.4 is 5.76 Å². The van der Waals surface area contributed by atoms with Gasteiger partial charge < -0.3 is 9.52 Å². The van der Waals surface area contributed by atoms with E-state index in [4.69, 9.17) is 4.42 Å². The van der Waals surface area contributed by atoms with Crippen LogP contribution in [0.25, 0.3) is 11.1 Å². The number of carbonyl (C=O) groups is 1. The number of carboxylic acids is 1. The number of aliphatic carboxylic acids is 1. The third kappa shape index (κ3) is 1.63. The topological polar surface area (TPSA) is 83.3 Å². The molecule has 5 heteroatoms. The molecule has 0 aliphatic heterocycles. The summed E-state index contributed by atoms with van der Waals surface area (Å²) in [4.78, 5) is 24.9. The Hall–Kier alpha value is -2.04. The van der Waals surface area contributed by atoms with Gasteiger partial charge in [0.1, 0.15) is 0 Å². The van der Waals surface area contributed by atoms with Crippen molar-refractivity contribution in [2.24, 2.45) is 5.41 Å². The summed E-state index contributed by atoms with van der Waals surface area (Å²) in [7, 11) is 0. The number of oxazole rings is 1. The first-order chi connectivity index (χ1) is 8.59. The lowest BCUT2D eigenvalue weighted by Gasteiger charge is -2.37. The van der Waals surface area contributed by atoms with Crippen LogP contribution in [0, 0.1) is 5.41 Å². The van der Waals surface area contributed by atoms with Crippen LogP contribution in [0.4, 0.5) is 0 Å². The quantitative estimate of drug-likeness (QED) is 0.867. The van der Waals surface area contributed by atoms with Gasteiger partial charge in [0, 0.05) is 0 Å². The Bertz CT molecular complexity index is 663. The number of nitrogens with one attached hydrogen (secondary N) is 1. The highest BCUT2D eigenvalue weighted by Gasteiger charge is 2.44. The molecule has 0 atom stereocenters. The van der Waals surface area contributed by atoms with E-state index in [0.29, 0.717) is 17.5 Å². The molecule has 0 saturated heterocycles. The SMILES string of the molecule is O=C(O)C1(Cc2ccc3oc(=O)[nH]c3c2)CCC1. The molecule has 18 heavy (non-hydrogen) atoms. The van der Waals surface area contributed by atoms with Crippen molar-refractivity contribution >= 4 is 17.1 Å². The molecule has 3 rings (SSSR count). The average molecular weight is 247 g/mol. The van der Waals surface area contributed by atoms with Crippen LogP contribution in [0.5, 0.6) is 0 Å². The Balaban J connectivity index is 1.95. The molecule has 1 aromatic carbocycles. The summed E-state index contributed by atoms with van der Waals surface area (Å²) in [5.74, 6) is -1.21. The molecule has 0 unspecified atom stereocenters. The first kappa shape index (κ1) is 11.1. The van der Waals surface area contributed by atoms with Crippen LogP contribution in [0.15, 0.2) is 27.4 Å². The first-order valence-corrected chi connectivity index (χ1v) is 5.94. The van der Waals surface area contributed by atoms with Crippen LogP contribution in [-0.2, 0) is 11.2 Å². The largest absolute Gasteiger partial charge is 0.481 e. The van der Waals surface area contributed by atoms with Gasteiger partial charge in [-0.25, -0.2) is 4.79 Å². The maximum atomic E-state index is 11.3. The molecule has 1 heterocycles. The van der Waals surface area contributed by atoms with E-state index in [0.717, 1.165) is 24.8 Å². The lowest BCUT2D eigenvalue weighted by molar-refractivity contribution is -0.154. The predicted octanol–water partition coefficient (Wildman–Crippen LogP) is 1.92. The monoisotopic (exact) mass is 247 g/mol. The Morgan fingerprint density at radius 1 is 1.44 bits per heavy atom. The standard InChI is InChI=1S/C13H13NO4/c15-11(16)13(4-1-5-13)7-8-2-3-10-9(6-8)14-12(17)18-10/h2-3,6H,1,4-5,7H2,(H,14,17)(H,15,16). The van der Waals surface area contributed by atoms with Gasteiger partial charge in [-0.3, -0.25) is 9.78 Å². The van der Waals surface area contributed by atoms with Gasteiger partial charge in [0.15, 0.2) is 5.58 Å². The van der Waals surface area contributed by atoms with E-state index >= 15 is 0 Å². The third-order valence-corrected chi connectivity index (χ3v) is 3.79. The van der Waals surface area contributed by atoms with Gasteiger partial charge in [0.2, 0.25) is 0 Å². The van der Waals surface area contributed by atoms with E-state index in [1.807, 2.05) is 6.07 Å². The number of fused-ring (bicyclic) bond motifs is 1. The van der Waals surface area contributed by atoms with Crippen LogP contribution in [-0.4, -0.2) is 16.1 Å². The highest BCUT2D eigenvalue weighted by Crippen LogP contribution is 2.44. The van der Waals surface area contributed by atoms with Crippen molar-refractivity contribution < 1.29 is 14.3 Å². The number of benzene rings is 1. The second-order valence-corrected chi connectivity index (χ2v) is 4.96. The summed E-state index contributed by atoms with van der Waals surface area (Å²) in [5, 5.41) is 9.29. The van der Waals surface area contributed by atoms with Crippen molar-refractivity contribution in [1.82, 2.24) is 4.98 Å². The second kappa shape index (κ2) is 3.73. The second-order valence-electron chi connectivity index (χ2n) is 4.96. The van der Waals surface area contributed by atoms with Crippen molar-refractivity contribution in [2.75, 3.05) is 0 Å². The van der Waals surface area contributed by atoms with Crippen LogP contribution in [0.3, 0.4) is 0 Å². The van der Waals surface area contributed by atoms with Crippen LogP contribution >= 0.6 is 0 Å². The summed E-state index contributed by atoms with van der Waals surface area (Å²) < 4.78 is 4.91. The zero-order valence-electron chi connectivity index (χ0n) is 9.73. The molecule has 1 aromatic heterocycles. The van der Waals surface area contributed by atoms with Gasteiger partial charge in [0.25, 0.3) is 0 Å². The molecule has 1 aliphatic carbocycles. The number of hydrogen-bond acceptors (Lipinski definition) is 3. The van der Waals surface area contributed by atoms with E-state index in [9.17, 15) is 14.7 Å². The summed E-state index contributed by atoms with van der Waals surface area (Å²) in [6.07, 6.45) is 2.92. The lowest BCUT2D eigenvalue weighted by Crippen LogP contribution is -2.39. The fraction of sp³-hybridized carbons (Fsp3) is 0.385.